The van der Waals surface area contributed by atoms with Crippen molar-refractivity contribution in [3.05, 3.63) is 56.6 Å². The highest BCUT2D eigenvalue weighted by atomic mass is 79.9. The zero-order chi connectivity index (χ0) is 17.4. The number of benzene rings is 2. The van der Waals surface area contributed by atoms with Gasteiger partial charge >= 0.3 is 5.97 Å². The number of nitrogens with one attached hydrogen (secondary N) is 1. The van der Waals surface area contributed by atoms with E-state index in [1.807, 2.05) is 0 Å². The van der Waals surface area contributed by atoms with E-state index < -0.39 is 5.97 Å². The van der Waals surface area contributed by atoms with Crippen molar-refractivity contribution in [2.45, 2.75) is 4.90 Å². The Balaban J connectivity index is 2.21. The highest BCUT2D eigenvalue weighted by Gasteiger charge is 2.15. The molecule has 8 heteroatoms. The predicted molar refractivity (Wildman–Crippen MR) is 103 cm³/mol. The summed E-state index contributed by atoms with van der Waals surface area (Å²) in [7, 11) is 0. The number of carboxylic acid groups (broad SMARTS) is 1. The van der Waals surface area contributed by atoms with Gasteiger partial charge in [0.05, 0.1) is 22.5 Å². The van der Waals surface area contributed by atoms with Crippen LogP contribution in [0.25, 0.3) is 10.9 Å². The Hall–Kier alpha value is -1.47. The van der Waals surface area contributed by atoms with Gasteiger partial charge in [-0.2, -0.15) is 0 Å². The third kappa shape index (κ3) is 3.32. The smallest absolute Gasteiger partial charge is 0.337 e. The highest BCUT2D eigenvalue weighted by molar-refractivity contribution is 9.10. The average Bonchev–Trinajstić information content (AvgIpc) is 2.51. The SMILES string of the molecule is O=C(O)c1cc(Cl)ccc1Nc1c(S)cnc2c(Br)cc(Cl)cc12. The lowest BCUT2D eigenvalue weighted by atomic mass is 10.1. The Bertz CT molecular complexity index is 982. The Kier molecular flexibility index (Phi) is 4.92. The van der Waals surface area contributed by atoms with Gasteiger partial charge in [0.25, 0.3) is 0 Å². The van der Waals surface area contributed by atoms with Crippen LogP contribution in [-0.4, -0.2) is 16.1 Å². The molecule has 0 saturated heterocycles. The molecule has 0 radical (unpaired) electrons. The third-order valence-electron chi connectivity index (χ3n) is 3.34. The molecule has 2 N–H and O–H groups in total. The number of hydrogen-bond donors (Lipinski definition) is 3. The van der Waals surface area contributed by atoms with E-state index in [1.54, 1.807) is 30.5 Å². The first kappa shape index (κ1) is 17.4. The van der Waals surface area contributed by atoms with E-state index in [9.17, 15) is 9.90 Å². The normalized spacial score (nSPS) is 10.8. The van der Waals surface area contributed by atoms with E-state index in [-0.39, 0.29) is 5.56 Å². The zero-order valence-electron chi connectivity index (χ0n) is 11.8. The van der Waals surface area contributed by atoms with Crippen molar-refractivity contribution in [1.82, 2.24) is 4.98 Å². The summed E-state index contributed by atoms with van der Waals surface area (Å²) in [4.78, 5) is 16.4. The monoisotopic (exact) mass is 442 g/mol. The lowest BCUT2D eigenvalue weighted by Gasteiger charge is -2.15. The van der Waals surface area contributed by atoms with Crippen molar-refractivity contribution in [3.63, 3.8) is 0 Å². The van der Waals surface area contributed by atoms with Gasteiger partial charge in [-0.05, 0) is 46.3 Å². The molecule has 1 heterocycles. The van der Waals surface area contributed by atoms with Crippen molar-refractivity contribution in [2.24, 2.45) is 0 Å². The number of hydrogen-bond acceptors (Lipinski definition) is 4. The van der Waals surface area contributed by atoms with Crippen LogP contribution in [0.3, 0.4) is 0 Å². The first-order chi connectivity index (χ1) is 11.4. The van der Waals surface area contributed by atoms with E-state index in [4.69, 9.17) is 23.2 Å². The summed E-state index contributed by atoms with van der Waals surface area (Å²) in [6.07, 6.45) is 1.59. The fourth-order valence-electron chi connectivity index (χ4n) is 2.28. The standard InChI is InChI=1S/C16H9BrCl2N2O2S/c17-11-5-8(19)4-10-14(11)20-6-13(24)15(10)21-12-2-1-7(18)3-9(12)16(22)23/h1-6,24H,(H,20,21)(H,22,23). The maximum absolute atomic E-state index is 11.5. The first-order valence-electron chi connectivity index (χ1n) is 6.63. The van der Waals surface area contributed by atoms with E-state index in [2.05, 4.69) is 38.9 Å². The van der Waals surface area contributed by atoms with Crippen molar-refractivity contribution in [3.8, 4) is 0 Å². The van der Waals surface area contributed by atoms with Crippen LogP contribution in [0.1, 0.15) is 10.4 Å². The average molecular weight is 444 g/mol. The van der Waals surface area contributed by atoms with Gasteiger partial charge in [0, 0.05) is 31.0 Å². The van der Waals surface area contributed by atoms with Crippen LogP contribution in [0.4, 0.5) is 11.4 Å². The molecule has 24 heavy (non-hydrogen) atoms. The van der Waals surface area contributed by atoms with E-state index in [0.717, 1.165) is 4.47 Å². The van der Waals surface area contributed by atoms with Gasteiger partial charge in [-0.1, -0.05) is 23.2 Å². The molecular weight excluding hydrogens is 435 g/mol. The van der Waals surface area contributed by atoms with Gasteiger partial charge in [0.1, 0.15) is 0 Å². The second kappa shape index (κ2) is 6.80. The lowest BCUT2D eigenvalue weighted by Crippen LogP contribution is -2.04. The maximum atomic E-state index is 11.5. The molecule has 0 saturated carbocycles. The number of nitrogens with zero attached hydrogens (tertiary/aromatic N) is 1. The minimum absolute atomic E-state index is 0.0567. The Morgan fingerprint density at radius 3 is 2.67 bits per heavy atom. The number of halogens is 3. The van der Waals surface area contributed by atoms with Crippen LogP contribution in [0.2, 0.25) is 10.0 Å². The summed E-state index contributed by atoms with van der Waals surface area (Å²) in [5.74, 6) is -1.08. The summed E-state index contributed by atoms with van der Waals surface area (Å²) in [6.45, 7) is 0. The van der Waals surface area contributed by atoms with Crippen molar-refractivity contribution in [1.29, 1.82) is 0 Å². The number of pyridine rings is 1. The van der Waals surface area contributed by atoms with E-state index >= 15 is 0 Å². The summed E-state index contributed by atoms with van der Waals surface area (Å²) in [6, 6.07) is 8.08. The third-order valence-corrected chi connectivity index (χ3v) is 4.74. The number of anilines is 2. The zero-order valence-corrected chi connectivity index (χ0v) is 15.8. The molecule has 0 aliphatic heterocycles. The molecule has 0 atom stereocenters. The predicted octanol–water partition coefficient (Wildman–Crippen LogP) is 6.03. The number of thiol groups is 1. The Labute approximate surface area is 161 Å². The fraction of sp³-hybridized carbons (Fsp3) is 0. The fourth-order valence-corrected chi connectivity index (χ4v) is 3.60. The number of carbonyl (C=O) groups is 1. The quantitative estimate of drug-likeness (QED) is 0.432. The first-order valence-corrected chi connectivity index (χ1v) is 8.63. The molecule has 0 unspecified atom stereocenters. The number of aromatic carboxylic acids is 1. The molecule has 4 nitrogen and oxygen atoms in total. The van der Waals surface area contributed by atoms with Crippen molar-refractivity contribution < 1.29 is 9.90 Å². The van der Waals surface area contributed by atoms with Crippen LogP contribution >= 0.6 is 51.8 Å². The van der Waals surface area contributed by atoms with Crippen LogP contribution in [0.15, 0.2) is 45.9 Å². The molecule has 0 aliphatic carbocycles. The van der Waals surface area contributed by atoms with Gasteiger partial charge < -0.3 is 10.4 Å². The largest absolute Gasteiger partial charge is 0.478 e. The molecule has 0 fully saturated rings. The van der Waals surface area contributed by atoms with Gasteiger partial charge in [-0.25, -0.2) is 4.79 Å². The summed E-state index contributed by atoms with van der Waals surface area (Å²) in [5.41, 5.74) is 1.74. The molecule has 3 rings (SSSR count). The second-order valence-electron chi connectivity index (χ2n) is 4.92. The van der Waals surface area contributed by atoms with E-state index in [0.29, 0.717) is 37.2 Å². The Morgan fingerprint density at radius 1 is 1.21 bits per heavy atom. The van der Waals surface area contributed by atoms with Crippen LogP contribution in [-0.2, 0) is 0 Å². The van der Waals surface area contributed by atoms with Crippen molar-refractivity contribution in [2.75, 3.05) is 5.32 Å². The molecule has 0 aliphatic rings. The van der Waals surface area contributed by atoms with Crippen LogP contribution in [0.5, 0.6) is 0 Å². The van der Waals surface area contributed by atoms with Gasteiger partial charge in [0.15, 0.2) is 0 Å². The van der Waals surface area contributed by atoms with Gasteiger partial charge in [-0.15, -0.1) is 12.6 Å². The topological polar surface area (TPSA) is 62.2 Å². The van der Waals surface area contributed by atoms with E-state index in [1.165, 1.54) is 6.07 Å². The molecule has 122 valence electrons. The number of carboxylic acids is 1. The number of fused-ring (bicyclic) bond motifs is 1. The Morgan fingerprint density at radius 2 is 1.96 bits per heavy atom. The van der Waals surface area contributed by atoms with Crippen LogP contribution in [0, 0.1) is 0 Å². The van der Waals surface area contributed by atoms with Crippen LogP contribution < -0.4 is 5.32 Å². The maximum Gasteiger partial charge on any atom is 0.337 e. The number of rotatable bonds is 3. The summed E-state index contributed by atoms with van der Waals surface area (Å²) >= 11 is 19.9. The highest BCUT2D eigenvalue weighted by Crippen LogP contribution is 2.37. The molecule has 0 amide bonds. The minimum atomic E-state index is -1.08. The molecule has 0 bridgehead atoms. The summed E-state index contributed by atoms with van der Waals surface area (Å²) < 4.78 is 0.732. The molecule has 3 aromatic rings. The summed E-state index contributed by atoms with van der Waals surface area (Å²) in [5, 5.41) is 14.1. The molecule has 2 aromatic carbocycles. The second-order valence-corrected chi connectivity index (χ2v) is 7.13. The number of aromatic nitrogens is 1. The molecule has 1 aromatic heterocycles. The van der Waals surface area contributed by atoms with Gasteiger partial charge in [-0.3, -0.25) is 4.98 Å². The lowest BCUT2D eigenvalue weighted by molar-refractivity contribution is 0.0698. The molecule has 0 spiro atoms. The minimum Gasteiger partial charge on any atom is -0.478 e. The van der Waals surface area contributed by atoms with Gasteiger partial charge in [0.2, 0.25) is 0 Å². The molecular formula is C16H9BrCl2N2O2S. The van der Waals surface area contributed by atoms with Crippen molar-refractivity contribution >= 4 is 80.0 Å².